The summed E-state index contributed by atoms with van der Waals surface area (Å²) in [6.45, 7) is 3.32. The van der Waals surface area contributed by atoms with Gasteiger partial charge in [0.1, 0.15) is 5.69 Å². The van der Waals surface area contributed by atoms with Crippen LogP contribution in [0.25, 0.3) is 0 Å². The summed E-state index contributed by atoms with van der Waals surface area (Å²) in [5.41, 5.74) is 6.30. The number of anilines is 1. The molecule has 0 aliphatic rings. The lowest BCUT2D eigenvalue weighted by Crippen LogP contribution is -2.25. The number of pyridine rings is 1. The molecular weight excluding hydrogens is 244 g/mol. The average Bonchev–Trinajstić information content (AvgIpc) is 2.39. The van der Waals surface area contributed by atoms with E-state index in [1.807, 2.05) is 13.0 Å². The van der Waals surface area contributed by atoms with E-state index in [2.05, 4.69) is 15.6 Å². The molecule has 0 atom stereocenters. The Morgan fingerprint density at radius 1 is 1.32 bits per heavy atom. The molecule has 0 saturated heterocycles. The summed E-state index contributed by atoms with van der Waals surface area (Å²) in [7, 11) is 0. The molecule has 0 radical (unpaired) electrons. The number of hydrogen-bond donors (Lipinski definition) is 3. The molecule has 1 aromatic rings. The molecule has 1 rings (SSSR count). The number of nitrogens with one attached hydrogen (secondary N) is 2. The van der Waals surface area contributed by atoms with Gasteiger partial charge in [0, 0.05) is 19.5 Å². The van der Waals surface area contributed by atoms with Crippen molar-refractivity contribution in [3.8, 4) is 0 Å². The molecule has 2 amide bonds. The first kappa shape index (κ1) is 14.9. The number of carbonyl (C=O) groups excluding carboxylic acids is 2. The highest BCUT2D eigenvalue weighted by atomic mass is 16.2. The molecule has 0 saturated carbocycles. The van der Waals surface area contributed by atoms with Gasteiger partial charge in [-0.05, 0) is 31.9 Å². The third-order valence-corrected chi connectivity index (χ3v) is 2.51. The van der Waals surface area contributed by atoms with Gasteiger partial charge < -0.3 is 16.4 Å². The van der Waals surface area contributed by atoms with Gasteiger partial charge in [0.2, 0.25) is 5.91 Å². The van der Waals surface area contributed by atoms with E-state index in [4.69, 9.17) is 5.73 Å². The largest absolute Gasteiger partial charge is 0.384 e. The van der Waals surface area contributed by atoms with Gasteiger partial charge in [-0.2, -0.15) is 0 Å². The Morgan fingerprint density at radius 3 is 2.68 bits per heavy atom. The van der Waals surface area contributed by atoms with E-state index in [1.54, 1.807) is 12.3 Å². The maximum atomic E-state index is 11.7. The van der Waals surface area contributed by atoms with Crippen LogP contribution in [0, 0.1) is 0 Å². The molecule has 0 aromatic carbocycles. The molecule has 1 heterocycles. The normalized spacial score (nSPS) is 9.95. The molecule has 0 spiro atoms. The Labute approximate surface area is 112 Å². The number of unbranched alkanes of at least 4 members (excludes halogenated alkanes) is 1. The molecule has 6 heteroatoms. The first-order valence-corrected chi connectivity index (χ1v) is 6.40. The Hall–Kier alpha value is -2.11. The zero-order valence-electron chi connectivity index (χ0n) is 11.1. The van der Waals surface area contributed by atoms with Crippen LogP contribution >= 0.6 is 0 Å². The number of carbonyl (C=O) groups is 2. The summed E-state index contributed by atoms with van der Waals surface area (Å²) in [6, 6.07) is 3.50. The molecule has 104 valence electrons. The number of rotatable bonds is 8. The van der Waals surface area contributed by atoms with Gasteiger partial charge in [-0.25, -0.2) is 4.98 Å². The Bertz CT molecular complexity index is 417. The van der Waals surface area contributed by atoms with E-state index in [0.29, 0.717) is 25.1 Å². The monoisotopic (exact) mass is 264 g/mol. The van der Waals surface area contributed by atoms with Crippen LogP contribution in [0.15, 0.2) is 18.3 Å². The van der Waals surface area contributed by atoms with Crippen molar-refractivity contribution in [1.82, 2.24) is 10.3 Å². The summed E-state index contributed by atoms with van der Waals surface area (Å²) in [4.78, 5) is 26.3. The van der Waals surface area contributed by atoms with Crippen LogP contribution in [0.2, 0.25) is 0 Å². The summed E-state index contributed by atoms with van der Waals surface area (Å²) >= 11 is 0. The van der Waals surface area contributed by atoms with Gasteiger partial charge in [-0.1, -0.05) is 0 Å². The molecular formula is C13H20N4O2. The van der Waals surface area contributed by atoms with Crippen LogP contribution in [-0.4, -0.2) is 29.9 Å². The van der Waals surface area contributed by atoms with E-state index in [0.717, 1.165) is 18.7 Å². The van der Waals surface area contributed by atoms with E-state index in [1.165, 1.54) is 0 Å². The van der Waals surface area contributed by atoms with Crippen molar-refractivity contribution < 1.29 is 9.59 Å². The summed E-state index contributed by atoms with van der Waals surface area (Å²) < 4.78 is 0. The summed E-state index contributed by atoms with van der Waals surface area (Å²) in [6.07, 6.45) is 3.39. The molecule has 0 aliphatic heterocycles. The molecule has 0 unspecified atom stereocenters. The molecule has 0 fully saturated rings. The Morgan fingerprint density at radius 2 is 2.11 bits per heavy atom. The second kappa shape index (κ2) is 8.07. The zero-order valence-corrected chi connectivity index (χ0v) is 11.1. The molecule has 1 aromatic heterocycles. The highest BCUT2D eigenvalue weighted by Crippen LogP contribution is 2.05. The molecule has 6 nitrogen and oxygen atoms in total. The predicted molar refractivity (Wildman–Crippen MR) is 73.8 cm³/mol. The lowest BCUT2D eigenvalue weighted by molar-refractivity contribution is -0.118. The van der Waals surface area contributed by atoms with E-state index in [9.17, 15) is 9.59 Å². The Kier molecular flexibility index (Phi) is 6.35. The van der Waals surface area contributed by atoms with Gasteiger partial charge in [0.15, 0.2) is 0 Å². The SMILES string of the molecule is CCNc1ccc(C(=O)NCCCCC(N)=O)nc1. The van der Waals surface area contributed by atoms with Crippen LogP contribution in [0.3, 0.4) is 0 Å². The molecule has 19 heavy (non-hydrogen) atoms. The van der Waals surface area contributed by atoms with Crippen molar-refractivity contribution in [2.24, 2.45) is 5.73 Å². The number of nitrogens with two attached hydrogens (primary N) is 1. The highest BCUT2D eigenvalue weighted by molar-refractivity contribution is 5.92. The fraction of sp³-hybridized carbons (Fsp3) is 0.462. The lowest BCUT2D eigenvalue weighted by Gasteiger charge is -2.06. The number of nitrogens with zero attached hydrogens (tertiary/aromatic N) is 1. The van der Waals surface area contributed by atoms with Crippen LogP contribution in [0.1, 0.15) is 36.7 Å². The second-order valence-electron chi connectivity index (χ2n) is 4.14. The predicted octanol–water partition coefficient (Wildman–Crippen LogP) is 0.899. The van der Waals surface area contributed by atoms with Crippen LogP contribution in [0.4, 0.5) is 5.69 Å². The number of aromatic nitrogens is 1. The number of hydrogen-bond acceptors (Lipinski definition) is 4. The van der Waals surface area contributed by atoms with Crippen LogP contribution in [-0.2, 0) is 4.79 Å². The van der Waals surface area contributed by atoms with Crippen LogP contribution < -0.4 is 16.4 Å². The van der Waals surface area contributed by atoms with E-state index < -0.39 is 0 Å². The topological polar surface area (TPSA) is 97.1 Å². The highest BCUT2D eigenvalue weighted by Gasteiger charge is 2.06. The number of amides is 2. The minimum atomic E-state index is -0.313. The molecule has 4 N–H and O–H groups in total. The first-order valence-electron chi connectivity index (χ1n) is 6.40. The van der Waals surface area contributed by atoms with E-state index >= 15 is 0 Å². The van der Waals surface area contributed by atoms with Crippen LogP contribution in [0.5, 0.6) is 0 Å². The maximum Gasteiger partial charge on any atom is 0.269 e. The number of primary amides is 1. The third kappa shape index (κ3) is 5.85. The van der Waals surface area contributed by atoms with Gasteiger partial charge in [-0.3, -0.25) is 9.59 Å². The van der Waals surface area contributed by atoms with Gasteiger partial charge in [-0.15, -0.1) is 0 Å². The quantitative estimate of drug-likeness (QED) is 0.608. The second-order valence-corrected chi connectivity index (χ2v) is 4.14. The average molecular weight is 264 g/mol. The first-order chi connectivity index (χ1) is 9.13. The van der Waals surface area contributed by atoms with Gasteiger partial charge >= 0.3 is 0 Å². The molecule has 0 aliphatic carbocycles. The standard InChI is InChI=1S/C13H20N4O2/c1-2-15-10-6-7-11(17-9-10)13(19)16-8-4-3-5-12(14)18/h6-7,9,15H,2-5,8H2,1H3,(H2,14,18)(H,16,19). The van der Waals surface area contributed by atoms with Crippen molar-refractivity contribution in [3.05, 3.63) is 24.0 Å². The minimum absolute atomic E-state index is 0.206. The lowest BCUT2D eigenvalue weighted by atomic mass is 10.2. The van der Waals surface area contributed by atoms with Gasteiger partial charge in [0.05, 0.1) is 11.9 Å². The minimum Gasteiger partial charge on any atom is -0.384 e. The van der Waals surface area contributed by atoms with Crippen molar-refractivity contribution in [3.63, 3.8) is 0 Å². The third-order valence-electron chi connectivity index (χ3n) is 2.51. The van der Waals surface area contributed by atoms with Crippen molar-refractivity contribution in [2.45, 2.75) is 26.2 Å². The fourth-order valence-electron chi connectivity index (χ4n) is 1.55. The smallest absolute Gasteiger partial charge is 0.269 e. The van der Waals surface area contributed by atoms with Gasteiger partial charge in [0.25, 0.3) is 5.91 Å². The summed E-state index contributed by atoms with van der Waals surface area (Å²) in [5, 5.41) is 5.86. The fourth-order valence-corrected chi connectivity index (χ4v) is 1.55. The van der Waals surface area contributed by atoms with E-state index in [-0.39, 0.29) is 11.8 Å². The molecule has 0 bridgehead atoms. The van der Waals surface area contributed by atoms with Crippen molar-refractivity contribution >= 4 is 17.5 Å². The van der Waals surface area contributed by atoms with Crippen molar-refractivity contribution in [1.29, 1.82) is 0 Å². The maximum absolute atomic E-state index is 11.7. The van der Waals surface area contributed by atoms with Crippen molar-refractivity contribution in [2.75, 3.05) is 18.4 Å². The summed E-state index contributed by atoms with van der Waals surface area (Å²) in [5.74, 6) is -0.519. The zero-order chi connectivity index (χ0) is 14.1. The Balaban J connectivity index is 2.30.